The van der Waals surface area contributed by atoms with E-state index in [9.17, 15) is 18.4 Å². The number of carbonyl (C=O) groups is 2. The van der Waals surface area contributed by atoms with Crippen LogP contribution in [-0.4, -0.2) is 16.8 Å². The van der Waals surface area contributed by atoms with E-state index in [0.717, 1.165) is 17.8 Å². The molecule has 2 aromatic carbocycles. The minimum Gasteiger partial charge on any atom is -0.486 e. The number of hydrogen-bond acceptors (Lipinski definition) is 6. The third kappa shape index (κ3) is 5.97. The van der Waals surface area contributed by atoms with Crippen molar-refractivity contribution in [1.82, 2.24) is 4.98 Å². The number of halogens is 2. The fourth-order valence-electron chi connectivity index (χ4n) is 4.40. The summed E-state index contributed by atoms with van der Waals surface area (Å²) < 4.78 is 38.9. The Balaban J connectivity index is 1.42. The van der Waals surface area contributed by atoms with E-state index in [-0.39, 0.29) is 27.8 Å². The SMILES string of the molecule is CCC(C)c1ccc(OCc2ccc(C(=O)Nc3c(C(N)=O)sc4nc(C(F)F)cc(-c5ccccc5)c34)o2)cc1. The van der Waals surface area contributed by atoms with Gasteiger partial charge < -0.3 is 20.2 Å². The number of alkyl halides is 2. The average Bonchev–Trinajstić information content (AvgIpc) is 3.61. The maximum atomic E-state index is 13.7. The number of furan rings is 1. The largest absolute Gasteiger partial charge is 0.486 e. The van der Waals surface area contributed by atoms with Crippen LogP contribution in [0.1, 0.15) is 69.9 Å². The van der Waals surface area contributed by atoms with Gasteiger partial charge in [0.05, 0.1) is 5.69 Å². The molecule has 2 amide bonds. The number of nitrogens with one attached hydrogen (secondary N) is 1. The van der Waals surface area contributed by atoms with Crippen LogP contribution in [0.25, 0.3) is 21.3 Å². The Bertz CT molecular complexity index is 1700. The molecule has 10 heteroatoms. The lowest BCUT2D eigenvalue weighted by Crippen LogP contribution is -2.16. The summed E-state index contributed by atoms with van der Waals surface area (Å²) in [5.41, 5.74) is 7.48. The van der Waals surface area contributed by atoms with Crippen molar-refractivity contribution in [1.29, 1.82) is 0 Å². The zero-order chi connectivity index (χ0) is 29.1. The molecule has 3 heterocycles. The summed E-state index contributed by atoms with van der Waals surface area (Å²) in [6.45, 7) is 4.40. The van der Waals surface area contributed by atoms with Gasteiger partial charge in [-0.15, -0.1) is 11.3 Å². The van der Waals surface area contributed by atoms with Crippen molar-refractivity contribution in [3.63, 3.8) is 0 Å². The molecule has 0 saturated carbocycles. The fourth-order valence-corrected chi connectivity index (χ4v) is 5.42. The minimum absolute atomic E-state index is 0.0135. The summed E-state index contributed by atoms with van der Waals surface area (Å²) in [5, 5.41) is 3.04. The van der Waals surface area contributed by atoms with Crippen LogP contribution in [0.2, 0.25) is 0 Å². The summed E-state index contributed by atoms with van der Waals surface area (Å²) in [7, 11) is 0. The van der Waals surface area contributed by atoms with Crippen LogP contribution in [0, 0.1) is 0 Å². The summed E-state index contributed by atoms with van der Waals surface area (Å²) in [5.74, 6) is 0.0432. The predicted octanol–water partition coefficient (Wildman–Crippen LogP) is 7.94. The van der Waals surface area contributed by atoms with Gasteiger partial charge in [0.2, 0.25) is 0 Å². The van der Waals surface area contributed by atoms with E-state index in [2.05, 4.69) is 24.1 Å². The third-order valence-corrected chi connectivity index (χ3v) is 7.88. The molecule has 0 aliphatic carbocycles. The van der Waals surface area contributed by atoms with E-state index in [1.807, 2.05) is 24.3 Å². The number of amides is 2. The zero-order valence-corrected chi connectivity index (χ0v) is 23.1. The molecule has 1 atom stereocenters. The molecule has 0 aliphatic heterocycles. The second-order valence-corrected chi connectivity index (χ2v) is 10.5. The molecule has 1 unspecified atom stereocenters. The number of aromatic nitrogens is 1. The molecule has 0 radical (unpaired) electrons. The molecule has 41 heavy (non-hydrogen) atoms. The number of anilines is 1. The third-order valence-electron chi connectivity index (χ3n) is 6.78. The van der Waals surface area contributed by atoms with Gasteiger partial charge in [-0.05, 0) is 59.4 Å². The van der Waals surface area contributed by atoms with Crippen molar-refractivity contribution in [3.05, 3.63) is 100 Å². The normalized spacial score (nSPS) is 12.0. The van der Waals surface area contributed by atoms with Crippen molar-refractivity contribution in [3.8, 4) is 16.9 Å². The van der Waals surface area contributed by atoms with Gasteiger partial charge in [0.25, 0.3) is 18.2 Å². The quantitative estimate of drug-likeness (QED) is 0.176. The number of pyridine rings is 1. The zero-order valence-electron chi connectivity index (χ0n) is 22.3. The van der Waals surface area contributed by atoms with Gasteiger partial charge in [-0.25, -0.2) is 13.8 Å². The van der Waals surface area contributed by atoms with Crippen molar-refractivity contribution >= 4 is 39.1 Å². The molecule has 0 spiro atoms. The summed E-state index contributed by atoms with van der Waals surface area (Å²) in [6.07, 6.45) is -1.79. The van der Waals surface area contributed by atoms with E-state index in [1.165, 1.54) is 17.7 Å². The number of benzene rings is 2. The Morgan fingerprint density at radius 1 is 1.07 bits per heavy atom. The standard InChI is InChI=1S/C31H27F2N3O4S/c1-3-17(2)18-9-11-20(12-10-18)39-16-21-13-14-24(40-21)30(38)36-26-25-22(19-7-5-4-6-8-19)15-23(28(32)33)35-31(25)41-27(26)29(34)37/h4-15,17,28H,3,16H2,1-2H3,(H2,34,37)(H,36,38). The first-order chi connectivity index (χ1) is 19.7. The molecule has 7 nitrogen and oxygen atoms in total. The number of hydrogen-bond donors (Lipinski definition) is 2. The molecule has 5 rings (SSSR count). The Hall–Kier alpha value is -4.57. The lowest BCUT2D eigenvalue weighted by atomic mass is 9.99. The van der Waals surface area contributed by atoms with Crippen molar-refractivity contribution < 1.29 is 27.5 Å². The minimum atomic E-state index is -2.83. The highest BCUT2D eigenvalue weighted by Gasteiger charge is 2.26. The van der Waals surface area contributed by atoms with E-state index < -0.39 is 23.9 Å². The van der Waals surface area contributed by atoms with Crippen LogP contribution >= 0.6 is 11.3 Å². The highest BCUT2D eigenvalue weighted by Crippen LogP contribution is 2.42. The highest BCUT2D eigenvalue weighted by molar-refractivity contribution is 7.21. The maximum absolute atomic E-state index is 13.7. The van der Waals surface area contributed by atoms with Gasteiger partial charge in [-0.2, -0.15) is 0 Å². The lowest BCUT2D eigenvalue weighted by molar-refractivity contribution is 0.0992. The second-order valence-electron chi connectivity index (χ2n) is 9.50. The highest BCUT2D eigenvalue weighted by atomic mass is 32.1. The number of ether oxygens (including phenoxy) is 1. The number of nitrogens with zero attached hydrogens (tertiary/aromatic N) is 1. The monoisotopic (exact) mass is 575 g/mol. The van der Waals surface area contributed by atoms with E-state index in [1.54, 1.807) is 36.4 Å². The lowest BCUT2D eigenvalue weighted by Gasteiger charge is -2.11. The second kappa shape index (κ2) is 11.9. The van der Waals surface area contributed by atoms with Crippen molar-refractivity contribution in [2.45, 2.75) is 39.2 Å². The van der Waals surface area contributed by atoms with Crippen LogP contribution in [0.15, 0.2) is 77.2 Å². The molecule has 3 N–H and O–H groups in total. The van der Waals surface area contributed by atoms with Crippen LogP contribution < -0.4 is 15.8 Å². The molecular formula is C31H27F2N3O4S. The smallest absolute Gasteiger partial charge is 0.291 e. The van der Waals surface area contributed by atoms with Crippen LogP contribution in [-0.2, 0) is 6.61 Å². The number of fused-ring (bicyclic) bond motifs is 1. The predicted molar refractivity (Wildman–Crippen MR) is 155 cm³/mol. The van der Waals surface area contributed by atoms with Gasteiger partial charge in [-0.1, -0.05) is 56.3 Å². The molecule has 5 aromatic rings. The molecule has 0 fully saturated rings. The number of nitrogens with two attached hydrogens (primary N) is 1. The molecule has 3 aromatic heterocycles. The molecule has 0 saturated heterocycles. The van der Waals surface area contributed by atoms with Gasteiger partial charge in [-0.3, -0.25) is 9.59 Å². The van der Waals surface area contributed by atoms with Crippen molar-refractivity contribution in [2.75, 3.05) is 5.32 Å². The number of carbonyl (C=O) groups excluding carboxylic acids is 2. The summed E-state index contributed by atoms with van der Waals surface area (Å²) >= 11 is 0.840. The molecule has 0 aliphatic rings. The van der Waals surface area contributed by atoms with Gasteiger partial charge in [0.15, 0.2) is 5.76 Å². The van der Waals surface area contributed by atoms with Crippen LogP contribution in [0.3, 0.4) is 0 Å². The van der Waals surface area contributed by atoms with E-state index in [0.29, 0.717) is 33.9 Å². The number of primary amides is 1. The Morgan fingerprint density at radius 3 is 2.46 bits per heavy atom. The molecular weight excluding hydrogens is 548 g/mol. The molecule has 0 bridgehead atoms. The first-order valence-electron chi connectivity index (χ1n) is 13.0. The first kappa shape index (κ1) is 28.0. The summed E-state index contributed by atoms with van der Waals surface area (Å²) in [4.78, 5) is 29.8. The Kier molecular flexibility index (Phi) is 8.11. The van der Waals surface area contributed by atoms with Crippen LogP contribution in [0.5, 0.6) is 5.75 Å². The van der Waals surface area contributed by atoms with Gasteiger partial charge in [0, 0.05) is 5.39 Å². The first-order valence-corrected chi connectivity index (χ1v) is 13.8. The topological polar surface area (TPSA) is 107 Å². The Labute approximate surface area is 239 Å². The number of rotatable bonds is 10. The van der Waals surface area contributed by atoms with Crippen LogP contribution in [0.4, 0.5) is 14.5 Å². The van der Waals surface area contributed by atoms with Gasteiger partial charge in [0.1, 0.15) is 33.5 Å². The van der Waals surface area contributed by atoms with Crippen molar-refractivity contribution in [2.24, 2.45) is 5.73 Å². The summed E-state index contributed by atoms with van der Waals surface area (Å²) in [6, 6.07) is 21.0. The average molecular weight is 576 g/mol. The Morgan fingerprint density at radius 2 is 1.80 bits per heavy atom. The van der Waals surface area contributed by atoms with E-state index in [4.69, 9.17) is 14.9 Å². The maximum Gasteiger partial charge on any atom is 0.291 e. The number of thiophene rings is 1. The molecule has 210 valence electrons. The van der Waals surface area contributed by atoms with Gasteiger partial charge >= 0.3 is 0 Å². The fraction of sp³-hybridized carbons (Fsp3) is 0.194. The van der Waals surface area contributed by atoms with E-state index >= 15 is 0 Å².